The van der Waals surface area contributed by atoms with Crippen LogP contribution in [0.3, 0.4) is 0 Å². The van der Waals surface area contributed by atoms with Crippen LogP contribution in [0.4, 0.5) is 0 Å². The third-order valence-corrected chi connectivity index (χ3v) is 3.68. The second-order valence-electron chi connectivity index (χ2n) is 5.31. The minimum absolute atomic E-state index is 0.174. The molecule has 0 aromatic carbocycles. The minimum atomic E-state index is -0.174. The van der Waals surface area contributed by atoms with Gasteiger partial charge < -0.3 is 14.9 Å². The van der Waals surface area contributed by atoms with Gasteiger partial charge in [-0.15, -0.1) is 0 Å². The van der Waals surface area contributed by atoms with Crippen molar-refractivity contribution in [3.63, 3.8) is 0 Å². The maximum atomic E-state index is 11.4. The van der Waals surface area contributed by atoms with Gasteiger partial charge in [0, 0.05) is 20.5 Å². The van der Waals surface area contributed by atoms with Crippen LogP contribution in [0.5, 0.6) is 0 Å². The van der Waals surface area contributed by atoms with Gasteiger partial charge in [0.25, 0.3) is 0 Å². The SMILES string of the molecule is CC(O)C1CCN(CCCC(=O)N(C)C)CC1. The molecule has 1 fully saturated rings. The monoisotopic (exact) mass is 242 g/mol. The molecular formula is C13H26N2O2. The third-order valence-electron chi connectivity index (χ3n) is 3.68. The van der Waals surface area contributed by atoms with E-state index in [1.54, 1.807) is 19.0 Å². The average molecular weight is 242 g/mol. The van der Waals surface area contributed by atoms with Crippen molar-refractivity contribution in [2.75, 3.05) is 33.7 Å². The molecule has 0 aromatic rings. The van der Waals surface area contributed by atoms with Crippen LogP contribution in [0.1, 0.15) is 32.6 Å². The zero-order chi connectivity index (χ0) is 12.8. The van der Waals surface area contributed by atoms with Gasteiger partial charge in [-0.25, -0.2) is 0 Å². The van der Waals surface area contributed by atoms with Crippen molar-refractivity contribution >= 4 is 5.91 Å². The molecule has 100 valence electrons. The van der Waals surface area contributed by atoms with Crippen LogP contribution < -0.4 is 0 Å². The molecule has 1 saturated heterocycles. The maximum Gasteiger partial charge on any atom is 0.222 e. The van der Waals surface area contributed by atoms with E-state index in [2.05, 4.69) is 4.90 Å². The summed E-state index contributed by atoms with van der Waals surface area (Å²) in [4.78, 5) is 15.5. The lowest BCUT2D eigenvalue weighted by molar-refractivity contribution is -0.128. The van der Waals surface area contributed by atoms with E-state index in [9.17, 15) is 9.90 Å². The van der Waals surface area contributed by atoms with Crippen LogP contribution in [0.2, 0.25) is 0 Å². The largest absolute Gasteiger partial charge is 0.393 e. The molecule has 17 heavy (non-hydrogen) atoms. The molecule has 0 bridgehead atoms. The molecule has 0 aromatic heterocycles. The average Bonchev–Trinajstić information content (AvgIpc) is 2.29. The number of hydrogen-bond donors (Lipinski definition) is 1. The Labute approximate surface area is 105 Å². The van der Waals surface area contributed by atoms with E-state index in [-0.39, 0.29) is 12.0 Å². The lowest BCUT2D eigenvalue weighted by atomic mass is 9.92. The van der Waals surface area contributed by atoms with Crippen molar-refractivity contribution in [2.24, 2.45) is 5.92 Å². The highest BCUT2D eigenvalue weighted by molar-refractivity contribution is 5.75. The summed E-state index contributed by atoms with van der Waals surface area (Å²) in [6, 6.07) is 0. The Hall–Kier alpha value is -0.610. The minimum Gasteiger partial charge on any atom is -0.393 e. The number of rotatable bonds is 5. The molecular weight excluding hydrogens is 216 g/mol. The molecule has 1 aliphatic rings. The fourth-order valence-corrected chi connectivity index (χ4v) is 2.34. The van der Waals surface area contributed by atoms with Gasteiger partial charge in [-0.2, -0.15) is 0 Å². The Bertz CT molecular complexity index is 234. The number of hydrogen-bond acceptors (Lipinski definition) is 3. The fraction of sp³-hybridized carbons (Fsp3) is 0.923. The predicted molar refractivity (Wildman–Crippen MR) is 68.8 cm³/mol. The summed E-state index contributed by atoms with van der Waals surface area (Å²) in [6.45, 7) is 5.01. The van der Waals surface area contributed by atoms with Gasteiger partial charge in [-0.05, 0) is 51.7 Å². The molecule has 1 rings (SSSR count). The summed E-state index contributed by atoms with van der Waals surface area (Å²) < 4.78 is 0. The molecule has 1 N–H and O–H groups in total. The second kappa shape index (κ2) is 6.97. The molecule has 1 aliphatic heterocycles. The van der Waals surface area contributed by atoms with E-state index in [1.165, 1.54) is 0 Å². The Morgan fingerprint density at radius 3 is 2.47 bits per heavy atom. The lowest BCUT2D eigenvalue weighted by Gasteiger charge is -2.33. The quantitative estimate of drug-likeness (QED) is 0.780. The Morgan fingerprint density at radius 2 is 2.00 bits per heavy atom. The van der Waals surface area contributed by atoms with Gasteiger partial charge in [-0.1, -0.05) is 0 Å². The number of amides is 1. The molecule has 1 unspecified atom stereocenters. The molecule has 0 aliphatic carbocycles. The molecule has 0 spiro atoms. The Morgan fingerprint density at radius 1 is 1.41 bits per heavy atom. The maximum absolute atomic E-state index is 11.4. The van der Waals surface area contributed by atoms with E-state index in [1.807, 2.05) is 6.92 Å². The summed E-state index contributed by atoms with van der Waals surface area (Å²) in [6.07, 6.45) is 3.57. The summed E-state index contributed by atoms with van der Waals surface area (Å²) in [5.41, 5.74) is 0. The number of aliphatic hydroxyl groups excluding tert-OH is 1. The van der Waals surface area contributed by atoms with Crippen LogP contribution in [0.15, 0.2) is 0 Å². The molecule has 4 nitrogen and oxygen atoms in total. The molecule has 4 heteroatoms. The highest BCUT2D eigenvalue weighted by atomic mass is 16.3. The number of likely N-dealkylation sites (tertiary alicyclic amines) is 1. The summed E-state index contributed by atoms with van der Waals surface area (Å²) in [5, 5.41) is 9.50. The zero-order valence-corrected chi connectivity index (χ0v) is 11.4. The number of piperidine rings is 1. The van der Waals surface area contributed by atoms with E-state index in [4.69, 9.17) is 0 Å². The van der Waals surface area contributed by atoms with Gasteiger partial charge in [0.1, 0.15) is 0 Å². The van der Waals surface area contributed by atoms with E-state index in [0.29, 0.717) is 12.3 Å². The fourth-order valence-electron chi connectivity index (χ4n) is 2.34. The van der Waals surface area contributed by atoms with Crippen molar-refractivity contribution in [1.29, 1.82) is 0 Å². The van der Waals surface area contributed by atoms with Crippen molar-refractivity contribution in [1.82, 2.24) is 9.80 Å². The van der Waals surface area contributed by atoms with Crippen LogP contribution in [-0.2, 0) is 4.79 Å². The van der Waals surface area contributed by atoms with Gasteiger partial charge >= 0.3 is 0 Å². The summed E-state index contributed by atoms with van der Waals surface area (Å²) in [7, 11) is 3.60. The first kappa shape index (κ1) is 14.5. The summed E-state index contributed by atoms with van der Waals surface area (Å²) in [5.74, 6) is 0.679. The molecule has 0 radical (unpaired) electrons. The van der Waals surface area contributed by atoms with Gasteiger partial charge in [0.05, 0.1) is 6.10 Å². The van der Waals surface area contributed by atoms with Crippen LogP contribution in [-0.4, -0.2) is 60.6 Å². The van der Waals surface area contributed by atoms with Crippen molar-refractivity contribution in [2.45, 2.75) is 38.7 Å². The number of nitrogens with zero attached hydrogens (tertiary/aromatic N) is 2. The highest BCUT2D eigenvalue weighted by Crippen LogP contribution is 2.20. The topological polar surface area (TPSA) is 43.8 Å². The van der Waals surface area contributed by atoms with E-state index < -0.39 is 0 Å². The Kier molecular flexibility index (Phi) is 5.92. The van der Waals surface area contributed by atoms with Crippen molar-refractivity contribution in [3.8, 4) is 0 Å². The summed E-state index contributed by atoms with van der Waals surface area (Å²) >= 11 is 0. The van der Waals surface area contributed by atoms with E-state index >= 15 is 0 Å². The molecule has 1 atom stereocenters. The van der Waals surface area contributed by atoms with Gasteiger partial charge in [-0.3, -0.25) is 4.79 Å². The van der Waals surface area contributed by atoms with Gasteiger partial charge in [0.2, 0.25) is 5.91 Å². The highest BCUT2D eigenvalue weighted by Gasteiger charge is 2.22. The number of aliphatic hydroxyl groups is 1. The van der Waals surface area contributed by atoms with Gasteiger partial charge in [0.15, 0.2) is 0 Å². The van der Waals surface area contributed by atoms with Crippen molar-refractivity contribution < 1.29 is 9.90 Å². The standard InChI is InChI=1S/C13H26N2O2/c1-11(16)12-6-9-15(10-7-12)8-4-5-13(17)14(2)3/h11-12,16H,4-10H2,1-3H3. The normalized spacial score (nSPS) is 20.2. The van der Waals surface area contributed by atoms with Crippen LogP contribution >= 0.6 is 0 Å². The van der Waals surface area contributed by atoms with Crippen LogP contribution in [0, 0.1) is 5.92 Å². The number of carbonyl (C=O) groups is 1. The third kappa shape index (κ3) is 5.04. The molecule has 0 saturated carbocycles. The zero-order valence-electron chi connectivity index (χ0n) is 11.4. The number of carbonyl (C=O) groups excluding carboxylic acids is 1. The Balaban J connectivity index is 2.12. The second-order valence-corrected chi connectivity index (χ2v) is 5.31. The lowest BCUT2D eigenvalue weighted by Crippen LogP contribution is -2.37. The first-order chi connectivity index (χ1) is 8.00. The first-order valence-electron chi connectivity index (χ1n) is 6.61. The molecule has 1 heterocycles. The van der Waals surface area contributed by atoms with Crippen LogP contribution in [0.25, 0.3) is 0 Å². The molecule has 1 amide bonds. The predicted octanol–water partition coefficient (Wildman–Crippen LogP) is 0.948. The van der Waals surface area contributed by atoms with Crippen molar-refractivity contribution in [3.05, 3.63) is 0 Å². The van der Waals surface area contributed by atoms with E-state index in [0.717, 1.165) is 38.9 Å². The first-order valence-corrected chi connectivity index (χ1v) is 6.61. The smallest absolute Gasteiger partial charge is 0.222 e.